The van der Waals surface area contributed by atoms with Gasteiger partial charge in [-0.1, -0.05) is 12.1 Å². The number of carbonyl (C=O) groups excluding carboxylic acids is 1. The zero-order chi connectivity index (χ0) is 19.4. The van der Waals surface area contributed by atoms with Crippen molar-refractivity contribution in [2.75, 3.05) is 26.5 Å². The van der Waals surface area contributed by atoms with E-state index < -0.39 is 18.0 Å². The second-order valence-corrected chi connectivity index (χ2v) is 7.11. The Bertz CT molecular complexity index is 816. The smallest absolute Gasteiger partial charge is 0.255 e. The van der Waals surface area contributed by atoms with Gasteiger partial charge in [0.05, 0.1) is 25.3 Å². The van der Waals surface area contributed by atoms with Gasteiger partial charge in [-0.3, -0.25) is 4.79 Å². The molecule has 27 heavy (non-hydrogen) atoms. The number of methoxy groups -OCH3 is 1. The van der Waals surface area contributed by atoms with E-state index in [0.717, 1.165) is 4.90 Å². The Morgan fingerprint density at radius 1 is 1.26 bits per heavy atom. The van der Waals surface area contributed by atoms with Crippen molar-refractivity contribution < 1.29 is 23.8 Å². The molecule has 3 rings (SSSR count). The van der Waals surface area contributed by atoms with Gasteiger partial charge in [-0.2, -0.15) is 0 Å². The van der Waals surface area contributed by atoms with E-state index in [0.29, 0.717) is 24.3 Å². The normalized spacial score (nSPS) is 19.6. The highest BCUT2D eigenvalue weighted by molar-refractivity contribution is 7.98. The first-order chi connectivity index (χ1) is 13.0. The van der Waals surface area contributed by atoms with Crippen LogP contribution in [0.5, 0.6) is 11.5 Å². The van der Waals surface area contributed by atoms with Crippen LogP contribution in [0, 0.1) is 5.82 Å². The minimum Gasteiger partial charge on any atom is -0.493 e. The largest absolute Gasteiger partial charge is 0.493 e. The van der Waals surface area contributed by atoms with Crippen molar-refractivity contribution in [3.63, 3.8) is 0 Å². The molecule has 1 N–H and O–H groups in total. The number of benzene rings is 2. The van der Waals surface area contributed by atoms with E-state index in [1.165, 1.54) is 37.1 Å². The Balaban J connectivity index is 1.77. The third-order valence-electron chi connectivity index (χ3n) is 4.55. The summed E-state index contributed by atoms with van der Waals surface area (Å²) in [6, 6.07) is 11.4. The van der Waals surface area contributed by atoms with Gasteiger partial charge in [-0.15, -0.1) is 11.8 Å². The first-order valence-corrected chi connectivity index (χ1v) is 9.86. The second-order valence-electron chi connectivity index (χ2n) is 6.26. The fourth-order valence-corrected chi connectivity index (χ4v) is 3.69. The van der Waals surface area contributed by atoms with Crippen molar-refractivity contribution in [3.8, 4) is 11.5 Å². The monoisotopic (exact) mass is 391 g/mol. The van der Waals surface area contributed by atoms with Gasteiger partial charge in [0.25, 0.3) is 5.91 Å². The van der Waals surface area contributed by atoms with E-state index in [1.54, 1.807) is 11.0 Å². The number of halogens is 1. The molecular formula is C20H22FNO4S. The van der Waals surface area contributed by atoms with Crippen LogP contribution in [0.2, 0.25) is 0 Å². The van der Waals surface area contributed by atoms with Crippen molar-refractivity contribution in [1.29, 1.82) is 0 Å². The number of aliphatic hydroxyl groups excluding tert-OH is 1. The number of hydrogen-bond donors (Lipinski definition) is 1. The number of thioether (sulfide) groups is 1. The summed E-state index contributed by atoms with van der Waals surface area (Å²) in [5.41, 5.74) is 0.638. The zero-order valence-corrected chi connectivity index (χ0v) is 16.0. The summed E-state index contributed by atoms with van der Waals surface area (Å²) < 4.78 is 24.4. The summed E-state index contributed by atoms with van der Waals surface area (Å²) in [5, 5.41) is 10.3. The molecule has 1 amide bonds. The number of carbonyl (C=O) groups is 1. The lowest BCUT2D eigenvalue weighted by molar-refractivity contribution is -0.0201. The lowest BCUT2D eigenvalue weighted by Crippen LogP contribution is -2.51. The van der Waals surface area contributed by atoms with Gasteiger partial charge >= 0.3 is 0 Å². The first-order valence-electron chi connectivity index (χ1n) is 8.64. The number of hydrogen-bond acceptors (Lipinski definition) is 5. The molecule has 2 atom stereocenters. The molecule has 0 saturated carbocycles. The summed E-state index contributed by atoms with van der Waals surface area (Å²) in [6.45, 7) is 0.687. The highest BCUT2D eigenvalue weighted by Gasteiger charge is 2.33. The van der Waals surface area contributed by atoms with Crippen molar-refractivity contribution in [1.82, 2.24) is 4.90 Å². The summed E-state index contributed by atoms with van der Waals surface area (Å²) in [4.78, 5) is 15.5. The molecule has 1 aliphatic rings. The zero-order valence-electron chi connectivity index (χ0n) is 15.2. The SMILES string of the molecule is COc1cc(F)ccc1O[C@@H]1CN(C(=O)c2ccccc2SC)CC[C@H]1O. The molecule has 0 radical (unpaired) electrons. The molecular weight excluding hydrogens is 369 g/mol. The van der Waals surface area contributed by atoms with Crippen LogP contribution < -0.4 is 9.47 Å². The number of aliphatic hydroxyl groups is 1. The summed E-state index contributed by atoms with van der Waals surface area (Å²) in [7, 11) is 1.42. The Hall–Kier alpha value is -2.25. The molecule has 1 saturated heterocycles. The third-order valence-corrected chi connectivity index (χ3v) is 5.35. The summed E-state index contributed by atoms with van der Waals surface area (Å²) in [6.07, 6.45) is 0.989. The van der Waals surface area contributed by atoms with Crippen molar-refractivity contribution in [3.05, 3.63) is 53.8 Å². The molecule has 5 nitrogen and oxygen atoms in total. The minimum atomic E-state index is -0.723. The number of rotatable bonds is 5. The van der Waals surface area contributed by atoms with Gasteiger partial charge in [-0.25, -0.2) is 4.39 Å². The topological polar surface area (TPSA) is 59.0 Å². The number of likely N-dealkylation sites (tertiary alicyclic amines) is 1. The maximum Gasteiger partial charge on any atom is 0.255 e. The molecule has 2 aromatic rings. The molecule has 7 heteroatoms. The van der Waals surface area contributed by atoms with Crippen molar-refractivity contribution in [2.45, 2.75) is 23.5 Å². The van der Waals surface area contributed by atoms with Crippen LogP contribution in [0.15, 0.2) is 47.4 Å². The molecule has 1 heterocycles. The molecule has 1 aliphatic heterocycles. The van der Waals surface area contributed by atoms with E-state index in [2.05, 4.69) is 0 Å². The van der Waals surface area contributed by atoms with Crippen LogP contribution in [0.3, 0.4) is 0 Å². The van der Waals surface area contributed by atoms with Crippen LogP contribution >= 0.6 is 11.8 Å². The molecule has 2 aromatic carbocycles. The van der Waals surface area contributed by atoms with Gasteiger partial charge in [0, 0.05) is 17.5 Å². The fraction of sp³-hybridized carbons (Fsp3) is 0.350. The number of amides is 1. The Morgan fingerprint density at radius 3 is 2.78 bits per heavy atom. The third kappa shape index (κ3) is 4.36. The van der Waals surface area contributed by atoms with E-state index in [9.17, 15) is 14.3 Å². The van der Waals surface area contributed by atoms with Crippen LogP contribution in [0.25, 0.3) is 0 Å². The molecule has 0 aliphatic carbocycles. The van der Waals surface area contributed by atoms with Gasteiger partial charge in [0.2, 0.25) is 0 Å². The van der Waals surface area contributed by atoms with E-state index in [4.69, 9.17) is 9.47 Å². The van der Waals surface area contributed by atoms with Gasteiger partial charge < -0.3 is 19.5 Å². The second kappa shape index (κ2) is 8.63. The fourth-order valence-electron chi connectivity index (χ4n) is 3.10. The lowest BCUT2D eigenvalue weighted by Gasteiger charge is -2.36. The Labute approximate surface area is 162 Å². The van der Waals surface area contributed by atoms with E-state index in [1.807, 2.05) is 24.5 Å². The molecule has 1 fully saturated rings. The maximum absolute atomic E-state index is 13.4. The molecule has 0 unspecified atom stereocenters. The first kappa shape index (κ1) is 19.5. The molecule has 0 spiro atoms. The average Bonchev–Trinajstić information content (AvgIpc) is 2.70. The van der Waals surface area contributed by atoms with E-state index in [-0.39, 0.29) is 18.2 Å². The van der Waals surface area contributed by atoms with Crippen LogP contribution in [0.4, 0.5) is 4.39 Å². The van der Waals surface area contributed by atoms with Gasteiger partial charge in [0.15, 0.2) is 11.5 Å². The molecule has 144 valence electrons. The highest BCUT2D eigenvalue weighted by Crippen LogP contribution is 2.30. The number of ether oxygens (including phenoxy) is 2. The summed E-state index contributed by atoms with van der Waals surface area (Å²) in [5.74, 6) is 0.0560. The number of piperidine rings is 1. The Kier molecular flexibility index (Phi) is 6.23. The van der Waals surface area contributed by atoms with Crippen molar-refractivity contribution in [2.24, 2.45) is 0 Å². The standard InChI is InChI=1S/C20H22FNO4S/c1-25-17-11-13(21)7-8-16(17)26-18-12-22(10-9-15(18)23)20(24)14-5-3-4-6-19(14)27-2/h3-8,11,15,18,23H,9-10,12H2,1-2H3/t15-,18-/m1/s1. The van der Waals surface area contributed by atoms with Gasteiger partial charge in [-0.05, 0) is 36.9 Å². The van der Waals surface area contributed by atoms with E-state index >= 15 is 0 Å². The highest BCUT2D eigenvalue weighted by atomic mass is 32.2. The Morgan fingerprint density at radius 2 is 2.04 bits per heavy atom. The summed E-state index contributed by atoms with van der Waals surface area (Å²) >= 11 is 1.52. The quantitative estimate of drug-likeness (QED) is 0.793. The number of nitrogens with zero attached hydrogens (tertiary/aromatic N) is 1. The lowest BCUT2D eigenvalue weighted by atomic mass is 10.0. The average molecular weight is 391 g/mol. The predicted molar refractivity (Wildman–Crippen MR) is 102 cm³/mol. The van der Waals surface area contributed by atoms with Crippen LogP contribution in [0.1, 0.15) is 16.8 Å². The minimum absolute atomic E-state index is 0.0912. The van der Waals surface area contributed by atoms with Crippen LogP contribution in [-0.2, 0) is 0 Å². The maximum atomic E-state index is 13.4. The molecule has 0 bridgehead atoms. The van der Waals surface area contributed by atoms with Crippen molar-refractivity contribution >= 4 is 17.7 Å². The predicted octanol–water partition coefficient (Wildman–Crippen LogP) is 3.21. The van der Waals surface area contributed by atoms with Gasteiger partial charge in [0.1, 0.15) is 11.9 Å². The van der Waals surface area contributed by atoms with Crippen LogP contribution in [-0.4, -0.2) is 54.6 Å². The molecule has 0 aromatic heterocycles.